The number of nitrogens with one attached hydrogen (secondary N) is 2. The van der Waals surface area contributed by atoms with Crippen molar-refractivity contribution in [3.63, 3.8) is 0 Å². The van der Waals surface area contributed by atoms with Gasteiger partial charge >= 0.3 is 0 Å². The van der Waals surface area contributed by atoms with Gasteiger partial charge in [-0.25, -0.2) is 4.98 Å². The van der Waals surface area contributed by atoms with Crippen molar-refractivity contribution < 1.29 is 12.8 Å². The Morgan fingerprint density at radius 1 is 1.29 bits per heavy atom. The van der Waals surface area contributed by atoms with Crippen molar-refractivity contribution in [2.45, 2.75) is 25.0 Å². The van der Waals surface area contributed by atoms with Gasteiger partial charge in [0, 0.05) is 10.7 Å². The summed E-state index contributed by atoms with van der Waals surface area (Å²) in [5.41, 5.74) is 0. The molecule has 2 aromatic rings. The van der Waals surface area contributed by atoms with E-state index in [1.807, 2.05) is 0 Å². The fourth-order valence-corrected chi connectivity index (χ4v) is 2.81. The second-order valence-corrected chi connectivity index (χ2v) is 6.89. The van der Waals surface area contributed by atoms with E-state index in [0.29, 0.717) is 12.3 Å². The molecule has 0 aliphatic heterocycles. The zero-order valence-electron chi connectivity index (χ0n) is 11.5. The van der Waals surface area contributed by atoms with Gasteiger partial charge in [-0.3, -0.25) is 4.72 Å². The van der Waals surface area contributed by atoms with Gasteiger partial charge in [-0.2, -0.15) is 8.42 Å². The van der Waals surface area contributed by atoms with Crippen LogP contribution in [0.2, 0.25) is 0 Å². The van der Waals surface area contributed by atoms with Crippen LogP contribution in [0.1, 0.15) is 19.1 Å². The van der Waals surface area contributed by atoms with E-state index in [0.717, 1.165) is 17.4 Å². The molecule has 0 radical (unpaired) electrons. The topological polar surface area (TPSA) is 84.2 Å². The molecular formula is C13H16BrN3O3S. The molecule has 2 heterocycles. The summed E-state index contributed by atoms with van der Waals surface area (Å²) in [5.74, 6) is 0.813. The van der Waals surface area contributed by atoms with Gasteiger partial charge in [0.15, 0.2) is 0 Å². The zero-order valence-corrected chi connectivity index (χ0v) is 13.9. The van der Waals surface area contributed by atoms with Crippen LogP contribution in [0.3, 0.4) is 0 Å². The van der Waals surface area contributed by atoms with E-state index in [9.17, 15) is 8.42 Å². The standard InChI is InChI=1S/C13H16BrN3O3S/c1-2-7-15-9-11-4-6-13(20-11)21(18,19)17-12-5-3-10(14)8-16-12/h3-6,8,15H,2,7,9H2,1H3,(H,16,17). The number of nitrogens with zero attached hydrogens (tertiary/aromatic N) is 1. The number of anilines is 1. The summed E-state index contributed by atoms with van der Waals surface area (Å²) in [7, 11) is -3.76. The van der Waals surface area contributed by atoms with E-state index >= 15 is 0 Å². The van der Waals surface area contributed by atoms with Gasteiger partial charge in [0.1, 0.15) is 11.6 Å². The summed E-state index contributed by atoms with van der Waals surface area (Å²) < 4.78 is 32.8. The molecule has 0 saturated carbocycles. The first kappa shape index (κ1) is 16.0. The second-order valence-electron chi connectivity index (χ2n) is 4.36. The molecule has 0 unspecified atom stereocenters. The predicted molar refractivity (Wildman–Crippen MR) is 83.5 cm³/mol. The Hall–Kier alpha value is -1.38. The molecule has 0 spiro atoms. The first-order valence-corrected chi connectivity index (χ1v) is 8.72. The van der Waals surface area contributed by atoms with E-state index in [4.69, 9.17) is 4.42 Å². The highest BCUT2D eigenvalue weighted by Crippen LogP contribution is 2.18. The third-order valence-corrected chi connectivity index (χ3v) is 4.29. The fraction of sp³-hybridized carbons (Fsp3) is 0.308. The molecular weight excluding hydrogens is 358 g/mol. The van der Waals surface area contributed by atoms with E-state index in [-0.39, 0.29) is 10.9 Å². The third-order valence-electron chi connectivity index (χ3n) is 2.59. The lowest BCUT2D eigenvalue weighted by atomic mass is 10.4. The van der Waals surface area contributed by atoms with Crippen molar-refractivity contribution in [3.8, 4) is 0 Å². The Morgan fingerprint density at radius 3 is 2.76 bits per heavy atom. The molecule has 0 amide bonds. The number of furan rings is 1. The van der Waals surface area contributed by atoms with Gasteiger partial charge < -0.3 is 9.73 Å². The lowest BCUT2D eigenvalue weighted by molar-refractivity contribution is 0.403. The van der Waals surface area contributed by atoms with Gasteiger partial charge in [-0.15, -0.1) is 0 Å². The van der Waals surface area contributed by atoms with Crippen LogP contribution in [0.5, 0.6) is 0 Å². The second kappa shape index (κ2) is 7.06. The molecule has 21 heavy (non-hydrogen) atoms. The number of sulfonamides is 1. The number of halogens is 1. The molecule has 0 aliphatic carbocycles. The maximum atomic E-state index is 12.2. The minimum atomic E-state index is -3.76. The number of rotatable bonds is 7. The molecule has 0 aliphatic rings. The lowest BCUT2D eigenvalue weighted by Gasteiger charge is -2.04. The van der Waals surface area contributed by atoms with Crippen molar-refractivity contribution in [1.82, 2.24) is 10.3 Å². The van der Waals surface area contributed by atoms with Gasteiger partial charge in [0.25, 0.3) is 10.0 Å². The summed E-state index contributed by atoms with van der Waals surface area (Å²) >= 11 is 3.24. The van der Waals surface area contributed by atoms with Crippen LogP contribution in [0.4, 0.5) is 5.82 Å². The smallest absolute Gasteiger partial charge is 0.296 e. The number of pyridine rings is 1. The highest BCUT2D eigenvalue weighted by molar-refractivity contribution is 9.10. The summed E-state index contributed by atoms with van der Waals surface area (Å²) in [6, 6.07) is 6.34. The summed E-state index contributed by atoms with van der Waals surface area (Å²) in [4.78, 5) is 3.97. The van der Waals surface area contributed by atoms with Crippen molar-refractivity contribution in [2.75, 3.05) is 11.3 Å². The maximum absolute atomic E-state index is 12.2. The Kier molecular flexibility index (Phi) is 5.38. The Balaban J connectivity index is 2.07. The molecule has 2 aromatic heterocycles. The molecule has 6 nitrogen and oxygen atoms in total. The molecule has 0 aromatic carbocycles. The fourth-order valence-electron chi connectivity index (χ4n) is 1.61. The molecule has 8 heteroatoms. The van der Waals surface area contributed by atoms with Gasteiger partial charge in [0.2, 0.25) is 5.09 Å². The molecule has 114 valence electrons. The Labute approximate surface area is 132 Å². The molecule has 0 saturated heterocycles. The van der Waals surface area contributed by atoms with Crippen molar-refractivity contribution in [3.05, 3.63) is 40.7 Å². The summed E-state index contributed by atoms with van der Waals surface area (Å²) in [5, 5.41) is 3.02. The molecule has 0 bridgehead atoms. The largest absolute Gasteiger partial charge is 0.446 e. The van der Waals surface area contributed by atoms with Gasteiger partial charge in [-0.05, 0) is 53.2 Å². The first-order valence-electron chi connectivity index (χ1n) is 6.45. The number of hydrogen-bond acceptors (Lipinski definition) is 5. The Bertz CT molecular complexity index is 683. The van der Waals surface area contributed by atoms with Crippen molar-refractivity contribution in [1.29, 1.82) is 0 Å². The number of hydrogen-bond donors (Lipinski definition) is 2. The number of aromatic nitrogens is 1. The Morgan fingerprint density at radius 2 is 2.10 bits per heavy atom. The monoisotopic (exact) mass is 373 g/mol. The van der Waals surface area contributed by atoms with E-state index in [1.54, 1.807) is 18.2 Å². The van der Waals surface area contributed by atoms with Gasteiger partial charge in [0.05, 0.1) is 6.54 Å². The quantitative estimate of drug-likeness (QED) is 0.728. The van der Waals surface area contributed by atoms with Crippen molar-refractivity contribution >= 4 is 31.8 Å². The van der Waals surface area contributed by atoms with Crippen LogP contribution in [-0.2, 0) is 16.6 Å². The molecule has 0 fully saturated rings. The van der Waals surface area contributed by atoms with E-state index < -0.39 is 10.0 Å². The molecule has 0 atom stereocenters. The van der Waals surface area contributed by atoms with Gasteiger partial charge in [-0.1, -0.05) is 6.92 Å². The van der Waals surface area contributed by atoms with E-state index in [2.05, 4.69) is 37.9 Å². The zero-order chi connectivity index (χ0) is 15.3. The first-order chi connectivity index (χ1) is 10.0. The predicted octanol–water partition coefficient (Wildman–Crippen LogP) is 2.74. The maximum Gasteiger partial charge on any atom is 0.296 e. The van der Waals surface area contributed by atoms with Crippen LogP contribution in [0.25, 0.3) is 0 Å². The van der Waals surface area contributed by atoms with Crippen LogP contribution >= 0.6 is 15.9 Å². The van der Waals surface area contributed by atoms with E-state index in [1.165, 1.54) is 12.3 Å². The van der Waals surface area contributed by atoms with Crippen LogP contribution < -0.4 is 10.0 Å². The lowest BCUT2D eigenvalue weighted by Crippen LogP contribution is -2.14. The summed E-state index contributed by atoms with van der Waals surface area (Å²) in [6.45, 7) is 3.41. The van der Waals surface area contributed by atoms with Crippen LogP contribution in [0, 0.1) is 0 Å². The molecule has 2 rings (SSSR count). The average molecular weight is 374 g/mol. The average Bonchev–Trinajstić information content (AvgIpc) is 2.91. The third kappa shape index (κ3) is 4.55. The SMILES string of the molecule is CCCNCc1ccc(S(=O)(=O)Nc2ccc(Br)cn2)o1. The van der Waals surface area contributed by atoms with Crippen LogP contribution in [0.15, 0.2) is 44.4 Å². The minimum Gasteiger partial charge on any atom is -0.446 e. The van der Waals surface area contributed by atoms with Crippen LogP contribution in [-0.4, -0.2) is 19.9 Å². The summed E-state index contributed by atoms with van der Waals surface area (Å²) in [6.07, 6.45) is 2.52. The molecule has 2 N–H and O–H groups in total. The van der Waals surface area contributed by atoms with Crippen molar-refractivity contribution in [2.24, 2.45) is 0 Å². The normalized spacial score (nSPS) is 11.5. The minimum absolute atomic E-state index is 0.125. The highest BCUT2D eigenvalue weighted by atomic mass is 79.9. The highest BCUT2D eigenvalue weighted by Gasteiger charge is 2.19.